The first kappa shape index (κ1) is 23.1. The van der Waals surface area contributed by atoms with Crippen molar-refractivity contribution >= 4 is 16.1 Å². The van der Waals surface area contributed by atoms with Crippen molar-refractivity contribution in [2.45, 2.75) is 31.6 Å². The molecule has 9 heteroatoms. The zero-order valence-corrected chi connectivity index (χ0v) is 18.3. The fourth-order valence-corrected chi connectivity index (χ4v) is 5.30. The lowest BCUT2D eigenvalue weighted by Gasteiger charge is -2.32. The Hall–Kier alpha value is -2.62. The van der Waals surface area contributed by atoms with Gasteiger partial charge in [0.25, 0.3) is 0 Å². The van der Waals surface area contributed by atoms with Crippen LogP contribution in [0.15, 0.2) is 54.6 Å². The van der Waals surface area contributed by atoms with E-state index in [9.17, 15) is 13.2 Å². The molecule has 0 aromatic heterocycles. The highest BCUT2D eigenvalue weighted by Crippen LogP contribution is 2.23. The van der Waals surface area contributed by atoms with E-state index in [0.717, 1.165) is 11.3 Å². The van der Waals surface area contributed by atoms with E-state index >= 15 is 0 Å². The first-order valence-corrected chi connectivity index (χ1v) is 11.7. The van der Waals surface area contributed by atoms with Crippen LogP contribution in [0.2, 0.25) is 0 Å². The SMILES string of the molecule is COc1cccc(COC2CCN(S(=O)(=O)CC(NC(=O)O)c3ccccc3)CC2)c1. The molecule has 0 bridgehead atoms. The van der Waals surface area contributed by atoms with Gasteiger partial charge in [0.05, 0.1) is 31.6 Å². The van der Waals surface area contributed by atoms with Crippen molar-refractivity contribution in [2.75, 3.05) is 26.0 Å². The summed E-state index contributed by atoms with van der Waals surface area (Å²) in [5.74, 6) is 0.448. The Labute approximate surface area is 182 Å². The predicted molar refractivity (Wildman–Crippen MR) is 117 cm³/mol. The minimum atomic E-state index is -3.64. The molecule has 1 fully saturated rings. The monoisotopic (exact) mass is 448 g/mol. The molecular weight excluding hydrogens is 420 g/mol. The van der Waals surface area contributed by atoms with Crippen LogP contribution in [-0.2, 0) is 21.4 Å². The molecule has 1 saturated heterocycles. The van der Waals surface area contributed by atoms with Crippen LogP contribution in [0.4, 0.5) is 4.79 Å². The smallest absolute Gasteiger partial charge is 0.405 e. The zero-order valence-electron chi connectivity index (χ0n) is 17.4. The van der Waals surface area contributed by atoms with E-state index in [1.54, 1.807) is 37.4 Å². The van der Waals surface area contributed by atoms with Gasteiger partial charge in [-0.25, -0.2) is 17.5 Å². The van der Waals surface area contributed by atoms with Crippen LogP contribution < -0.4 is 10.1 Å². The van der Waals surface area contributed by atoms with Gasteiger partial charge in [0.15, 0.2) is 0 Å². The lowest BCUT2D eigenvalue weighted by molar-refractivity contribution is 0.0101. The van der Waals surface area contributed by atoms with Gasteiger partial charge in [-0.15, -0.1) is 0 Å². The predicted octanol–water partition coefficient (Wildman–Crippen LogP) is 3.01. The van der Waals surface area contributed by atoms with E-state index in [2.05, 4.69) is 5.32 Å². The Balaban J connectivity index is 1.55. The first-order valence-electron chi connectivity index (χ1n) is 10.1. The maximum atomic E-state index is 12.9. The molecule has 0 spiro atoms. The summed E-state index contributed by atoms with van der Waals surface area (Å²) >= 11 is 0. The van der Waals surface area contributed by atoms with Crippen molar-refractivity contribution in [2.24, 2.45) is 0 Å². The highest BCUT2D eigenvalue weighted by molar-refractivity contribution is 7.89. The van der Waals surface area contributed by atoms with Crippen molar-refractivity contribution in [3.63, 3.8) is 0 Å². The van der Waals surface area contributed by atoms with Crippen LogP contribution in [0, 0.1) is 0 Å². The number of carboxylic acid groups (broad SMARTS) is 1. The Morgan fingerprint density at radius 3 is 2.52 bits per heavy atom. The molecule has 1 amide bonds. The Morgan fingerprint density at radius 2 is 1.87 bits per heavy atom. The highest BCUT2D eigenvalue weighted by atomic mass is 32.2. The van der Waals surface area contributed by atoms with E-state index in [1.165, 1.54) is 4.31 Å². The van der Waals surface area contributed by atoms with Gasteiger partial charge in [0.1, 0.15) is 5.75 Å². The molecule has 2 N–H and O–H groups in total. The van der Waals surface area contributed by atoms with Crippen LogP contribution in [0.25, 0.3) is 0 Å². The van der Waals surface area contributed by atoms with Crippen molar-refractivity contribution in [3.05, 3.63) is 65.7 Å². The number of amides is 1. The van der Waals surface area contributed by atoms with E-state index in [-0.39, 0.29) is 11.9 Å². The molecule has 3 rings (SSSR count). The van der Waals surface area contributed by atoms with E-state index in [1.807, 2.05) is 24.3 Å². The molecule has 0 radical (unpaired) electrons. The quantitative estimate of drug-likeness (QED) is 0.611. The van der Waals surface area contributed by atoms with Gasteiger partial charge in [-0.1, -0.05) is 42.5 Å². The summed E-state index contributed by atoms with van der Waals surface area (Å²) < 4.78 is 38.5. The molecule has 1 aliphatic rings. The maximum absolute atomic E-state index is 12.9. The van der Waals surface area contributed by atoms with Crippen LogP contribution in [0.5, 0.6) is 5.75 Å². The summed E-state index contributed by atoms with van der Waals surface area (Å²) in [7, 11) is -2.02. The van der Waals surface area contributed by atoms with Gasteiger partial charge in [-0.05, 0) is 36.1 Å². The standard InChI is InChI=1S/C22H28N2O6S/c1-29-20-9-5-6-17(14-20)15-30-19-10-12-24(13-11-19)31(27,28)16-21(23-22(25)26)18-7-3-2-4-8-18/h2-9,14,19,21,23H,10-13,15-16H2,1H3,(H,25,26). The maximum Gasteiger partial charge on any atom is 0.405 e. The van der Waals surface area contributed by atoms with Crippen molar-refractivity contribution in [1.82, 2.24) is 9.62 Å². The minimum Gasteiger partial charge on any atom is -0.497 e. The van der Waals surface area contributed by atoms with Crippen molar-refractivity contribution < 1.29 is 27.8 Å². The number of hydrogen-bond donors (Lipinski definition) is 2. The number of sulfonamides is 1. The number of piperidine rings is 1. The van der Waals surface area contributed by atoms with Gasteiger partial charge in [0.2, 0.25) is 10.0 Å². The van der Waals surface area contributed by atoms with Gasteiger partial charge < -0.3 is 19.9 Å². The van der Waals surface area contributed by atoms with Gasteiger partial charge in [-0.2, -0.15) is 0 Å². The number of rotatable bonds is 9. The van der Waals surface area contributed by atoms with Crippen molar-refractivity contribution in [3.8, 4) is 5.75 Å². The molecule has 1 aliphatic heterocycles. The molecular formula is C22H28N2O6S. The van der Waals surface area contributed by atoms with Crippen molar-refractivity contribution in [1.29, 1.82) is 0 Å². The molecule has 2 aromatic carbocycles. The molecule has 1 unspecified atom stereocenters. The molecule has 168 valence electrons. The Kier molecular flexibility index (Phi) is 7.89. The van der Waals surface area contributed by atoms with E-state index in [0.29, 0.717) is 38.1 Å². The third kappa shape index (κ3) is 6.68. The summed E-state index contributed by atoms with van der Waals surface area (Å²) in [5, 5.41) is 11.5. The normalized spacial score (nSPS) is 16.5. The molecule has 0 aliphatic carbocycles. The largest absolute Gasteiger partial charge is 0.497 e. The molecule has 31 heavy (non-hydrogen) atoms. The average molecular weight is 449 g/mol. The van der Waals surface area contributed by atoms with Crippen LogP contribution >= 0.6 is 0 Å². The highest BCUT2D eigenvalue weighted by Gasteiger charge is 2.31. The Bertz CT molecular complexity index is 959. The first-order chi connectivity index (χ1) is 14.9. The summed E-state index contributed by atoms with van der Waals surface area (Å²) in [5.41, 5.74) is 1.62. The number of ether oxygens (including phenoxy) is 2. The fourth-order valence-electron chi connectivity index (χ4n) is 3.62. The van der Waals surface area contributed by atoms with E-state index < -0.39 is 22.2 Å². The van der Waals surface area contributed by atoms with E-state index in [4.69, 9.17) is 14.6 Å². The summed E-state index contributed by atoms with van der Waals surface area (Å²) in [6.07, 6.45) is -0.106. The van der Waals surface area contributed by atoms with Crippen LogP contribution in [0.1, 0.15) is 30.0 Å². The average Bonchev–Trinajstić information content (AvgIpc) is 2.78. The summed E-state index contributed by atoms with van der Waals surface area (Å²) in [6.45, 7) is 1.13. The topological polar surface area (TPSA) is 105 Å². The molecule has 2 aromatic rings. The third-order valence-corrected chi connectivity index (χ3v) is 7.20. The van der Waals surface area contributed by atoms with Gasteiger partial charge in [-0.3, -0.25) is 0 Å². The summed E-state index contributed by atoms with van der Waals surface area (Å²) in [4.78, 5) is 11.2. The number of benzene rings is 2. The van der Waals surface area contributed by atoms with Gasteiger partial charge >= 0.3 is 6.09 Å². The zero-order chi connectivity index (χ0) is 22.3. The molecule has 1 heterocycles. The lowest BCUT2D eigenvalue weighted by atomic mass is 10.1. The minimum absolute atomic E-state index is 0.0280. The number of hydrogen-bond acceptors (Lipinski definition) is 5. The number of nitrogens with one attached hydrogen (secondary N) is 1. The van der Waals surface area contributed by atoms with Gasteiger partial charge in [0, 0.05) is 13.1 Å². The second-order valence-electron chi connectivity index (χ2n) is 7.45. The number of carbonyl (C=O) groups is 1. The Morgan fingerprint density at radius 1 is 1.16 bits per heavy atom. The third-order valence-electron chi connectivity index (χ3n) is 5.29. The van der Waals surface area contributed by atoms with Crippen LogP contribution in [0.3, 0.4) is 0 Å². The second kappa shape index (κ2) is 10.6. The van der Waals surface area contributed by atoms with Crippen LogP contribution in [-0.4, -0.2) is 56.0 Å². The molecule has 8 nitrogen and oxygen atoms in total. The summed E-state index contributed by atoms with van der Waals surface area (Å²) in [6, 6.07) is 15.6. The number of nitrogens with zero attached hydrogens (tertiary/aromatic N) is 1. The molecule has 1 atom stereocenters. The molecule has 0 saturated carbocycles. The fraction of sp³-hybridized carbons (Fsp3) is 0.409. The number of methoxy groups -OCH3 is 1. The lowest BCUT2D eigenvalue weighted by Crippen LogP contribution is -2.44. The second-order valence-corrected chi connectivity index (χ2v) is 9.47.